The van der Waals surface area contributed by atoms with Gasteiger partial charge in [-0.15, -0.1) is 0 Å². The first kappa shape index (κ1) is 15.5. The fourth-order valence-corrected chi connectivity index (χ4v) is 3.82. The van der Waals surface area contributed by atoms with E-state index in [1.165, 1.54) is 0 Å². The Labute approximate surface area is 122 Å². The summed E-state index contributed by atoms with van der Waals surface area (Å²) in [6, 6.07) is 3.92. The maximum absolute atomic E-state index is 12.4. The van der Waals surface area contributed by atoms with Gasteiger partial charge >= 0.3 is 0 Å². The molecule has 1 saturated carbocycles. The Hall–Kier alpha value is -0.910. The molecule has 0 amide bonds. The van der Waals surface area contributed by atoms with Gasteiger partial charge in [-0.3, -0.25) is 0 Å². The zero-order valence-corrected chi connectivity index (χ0v) is 13.3. The summed E-state index contributed by atoms with van der Waals surface area (Å²) in [5.41, 5.74) is 3.01. The first-order valence-electron chi connectivity index (χ1n) is 7.27. The highest BCUT2D eigenvalue weighted by molar-refractivity contribution is 7.89. The Kier molecular flexibility index (Phi) is 4.83. The average molecular weight is 296 g/mol. The van der Waals surface area contributed by atoms with Gasteiger partial charge in [0.25, 0.3) is 0 Å². The van der Waals surface area contributed by atoms with Gasteiger partial charge in [0.2, 0.25) is 10.0 Å². The largest absolute Gasteiger partial charge is 0.313 e. The molecule has 112 valence electrons. The van der Waals surface area contributed by atoms with Gasteiger partial charge in [-0.2, -0.15) is 0 Å². The summed E-state index contributed by atoms with van der Waals surface area (Å²) in [4.78, 5) is 0.420. The van der Waals surface area contributed by atoms with Crippen LogP contribution in [0.4, 0.5) is 0 Å². The molecule has 1 fully saturated rings. The summed E-state index contributed by atoms with van der Waals surface area (Å²) >= 11 is 0. The molecule has 0 saturated heterocycles. The van der Waals surface area contributed by atoms with Gasteiger partial charge < -0.3 is 5.32 Å². The Morgan fingerprint density at radius 3 is 2.50 bits per heavy atom. The monoisotopic (exact) mass is 296 g/mol. The summed E-state index contributed by atoms with van der Waals surface area (Å²) in [5.74, 6) is 0. The van der Waals surface area contributed by atoms with Crippen molar-refractivity contribution in [1.82, 2.24) is 10.0 Å². The molecule has 0 unspecified atom stereocenters. The Morgan fingerprint density at radius 1 is 1.20 bits per heavy atom. The van der Waals surface area contributed by atoms with Gasteiger partial charge in [-0.1, -0.05) is 13.0 Å². The van der Waals surface area contributed by atoms with Crippen LogP contribution < -0.4 is 10.0 Å². The maximum Gasteiger partial charge on any atom is 0.241 e. The predicted molar refractivity (Wildman–Crippen MR) is 81.3 cm³/mol. The molecular weight excluding hydrogens is 272 g/mol. The molecule has 2 rings (SSSR count). The molecule has 2 N–H and O–H groups in total. The smallest absolute Gasteiger partial charge is 0.241 e. The van der Waals surface area contributed by atoms with Crippen LogP contribution in [-0.2, 0) is 16.6 Å². The lowest BCUT2D eigenvalue weighted by molar-refractivity contribution is 0.580. The zero-order valence-electron chi connectivity index (χ0n) is 12.5. The van der Waals surface area contributed by atoms with Crippen molar-refractivity contribution < 1.29 is 8.42 Å². The maximum atomic E-state index is 12.4. The van der Waals surface area contributed by atoms with E-state index >= 15 is 0 Å². The van der Waals surface area contributed by atoms with E-state index in [4.69, 9.17) is 0 Å². The fraction of sp³-hybridized carbons (Fsp3) is 0.600. The predicted octanol–water partition coefficient (Wildman–Crippen LogP) is 2.24. The Morgan fingerprint density at radius 2 is 1.90 bits per heavy atom. The molecule has 0 aliphatic heterocycles. The quantitative estimate of drug-likeness (QED) is 0.759. The van der Waals surface area contributed by atoms with Crippen LogP contribution in [0.5, 0.6) is 0 Å². The van der Waals surface area contributed by atoms with E-state index in [-0.39, 0.29) is 6.04 Å². The van der Waals surface area contributed by atoms with Crippen LogP contribution in [0.2, 0.25) is 0 Å². The first-order valence-corrected chi connectivity index (χ1v) is 8.75. The lowest BCUT2D eigenvalue weighted by atomic mass is 10.1. The van der Waals surface area contributed by atoms with Gasteiger partial charge in [-0.05, 0) is 62.4 Å². The van der Waals surface area contributed by atoms with Crippen LogP contribution in [0.25, 0.3) is 0 Å². The van der Waals surface area contributed by atoms with E-state index in [0.717, 1.165) is 42.5 Å². The van der Waals surface area contributed by atoms with Crippen molar-refractivity contribution in [3.05, 3.63) is 28.8 Å². The molecule has 0 heterocycles. The van der Waals surface area contributed by atoms with E-state index in [0.29, 0.717) is 11.4 Å². The van der Waals surface area contributed by atoms with Crippen LogP contribution in [0, 0.1) is 13.8 Å². The minimum absolute atomic E-state index is 0.141. The topological polar surface area (TPSA) is 58.2 Å². The van der Waals surface area contributed by atoms with Gasteiger partial charge in [0, 0.05) is 12.6 Å². The SMILES string of the molecule is CCCNCc1cc(S(=O)(=O)NC2CC2)c(C)cc1C. The van der Waals surface area contributed by atoms with Crippen LogP contribution in [0.3, 0.4) is 0 Å². The second kappa shape index (κ2) is 6.24. The molecule has 0 atom stereocenters. The highest BCUT2D eigenvalue weighted by atomic mass is 32.2. The second-order valence-corrected chi connectivity index (χ2v) is 7.30. The summed E-state index contributed by atoms with van der Waals surface area (Å²) in [7, 11) is -3.38. The van der Waals surface area contributed by atoms with E-state index in [1.54, 1.807) is 0 Å². The second-order valence-electron chi connectivity index (χ2n) is 5.62. The van der Waals surface area contributed by atoms with Crippen LogP contribution >= 0.6 is 0 Å². The lowest BCUT2D eigenvalue weighted by Crippen LogP contribution is -2.27. The van der Waals surface area contributed by atoms with Gasteiger partial charge in [0.15, 0.2) is 0 Å². The summed E-state index contributed by atoms with van der Waals surface area (Å²) in [5, 5.41) is 3.33. The number of hydrogen-bond acceptors (Lipinski definition) is 3. The van der Waals surface area contributed by atoms with E-state index in [2.05, 4.69) is 17.0 Å². The highest BCUT2D eigenvalue weighted by Gasteiger charge is 2.29. The van der Waals surface area contributed by atoms with Crippen LogP contribution in [0.1, 0.15) is 42.9 Å². The molecule has 0 spiro atoms. The van der Waals surface area contributed by atoms with Crippen molar-refractivity contribution >= 4 is 10.0 Å². The normalized spacial score (nSPS) is 15.6. The molecule has 4 nitrogen and oxygen atoms in total. The molecule has 20 heavy (non-hydrogen) atoms. The molecule has 1 aromatic carbocycles. The number of sulfonamides is 1. The first-order chi connectivity index (χ1) is 9.44. The molecule has 0 radical (unpaired) electrons. The number of aryl methyl sites for hydroxylation is 2. The van der Waals surface area contributed by atoms with E-state index in [9.17, 15) is 8.42 Å². The minimum atomic E-state index is -3.38. The van der Waals surface area contributed by atoms with Crippen LogP contribution in [0.15, 0.2) is 17.0 Å². The summed E-state index contributed by atoms with van der Waals surface area (Å²) in [6.07, 6.45) is 2.98. The number of hydrogen-bond donors (Lipinski definition) is 2. The van der Waals surface area contributed by atoms with Crippen molar-refractivity contribution in [1.29, 1.82) is 0 Å². The molecule has 0 aromatic heterocycles. The Balaban J connectivity index is 2.25. The third-order valence-corrected chi connectivity index (χ3v) is 5.23. The number of rotatable bonds is 7. The summed E-state index contributed by atoms with van der Waals surface area (Å²) < 4.78 is 27.5. The van der Waals surface area contributed by atoms with Crippen molar-refractivity contribution in [3.8, 4) is 0 Å². The highest BCUT2D eigenvalue weighted by Crippen LogP contribution is 2.25. The molecule has 0 bridgehead atoms. The zero-order chi connectivity index (χ0) is 14.8. The van der Waals surface area contributed by atoms with Crippen LogP contribution in [-0.4, -0.2) is 21.0 Å². The van der Waals surface area contributed by atoms with E-state index < -0.39 is 10.0 Å². The minimum Gasteiger partial charge on any atom is -0.313 e. The molecule has 1 aliphatic rings. The standard InChI is InChI=1S/C15H24N2O2S/c1-4-7-16-10-13-9-15(12(3)8-11(13)2)20(18,19)17-14-5-6-14/h8-9,14,16-17H,4-7,10H2,1-3H3. The molecule has 1 aromatic rings. The third-order valence-electron chi connectivity index (χ3n) is 3.56. The van der Waals surface area contributed by atoms with Crippen molar-refractivity contribution in [2.24, 2.45) is 0 Å². The van der Waals surface area contributed by atoms with Crippen molar-refractivity contribution in [2.45, 2.75) is 57.5 Å². The van der Waals surface area contributed by atoms with Gasteiger partial charge in [-0.25, -0.2) is 13.1 Å². The Bertz CT molecular complexity index is 578. The molecular formula is C15H24N2O2S. The van der Waals surface area contributed by atoms with E-state index in [1.807, 2.05) is 26.0 Å². The average Bonchev–Trinajstić information content (AvgIpc) is 3.15. The molecule has 1 aliphatic carbocycles. The van der Waals surface area contributed by atoms with Crippen molar-refractivity contribution in [2.75, 3.05) is 6.54 Å². The lowest BCUT2D eigenvalue weighted by Gasteiger charge is -2.14. The fourth-order valence-electron chi connectivity index (χ4n) is 2.24. The summed E-state index contributed by atoms with van der Waals surface area (Å²) in [6.45, 7) is 7.66. The van der Waals surface area contributed by atoms with Crippen molar-refractivity contribution in [3.63, 3.8) is 0 Å². The number of nitrogens with one attached hydrogen (secondary N) is 2. The number of benzene rings is 1. The van der Waals surface area contributed by atoms with Gasteiger partial charge in [0.1, 0.15) is 0 Å². The third kappa shape index (κ3) is 3.81. The van der Waals surface area contributed by atoms with Gasteiger partial charge in [0.05, 0.1) is 4.90 Å². The molecule has 5 heteroatoms.